The summed E-state index contributed by atoms with van der Waals surface area (Å²) in [6.07, 6.45) is 5.24. The van der Waals surface area contributed by atoms with Gasteiger partial charge >= 0.3 is 0 Å². The highest BCUT2D eigenvalue weighted by molar-refractivity contribution is 9.09. The van der Waals surface area contributed by atoms with E-state index in [1.54, 1.807) is 0 Å². The van der Waals surface area contributed by atoms with Crippen LogP contribution in [0.3, 0.4) is 0 Å². The van der Waals surface area contributed by atoms with Crippen molar-refractivity contribution in [3.8, 4) is 0 Å². The van der Waals surface area contributed by atoms with Crippen molar-refractivity contribution in [1.29, 1.82) is 0 Å². The van der Waals surface area contributed by atoms with Gasteiger partial charge in [0.1, 0.15) is 0 Å². The van der Waals surface area contributed by atoms with E-state index >= 15 is 0 Å². The number of unbranched alkanes of at least 4 members (excludes halogenated alkanes) is 1. The lowest BCUT2D eigenvalue weighted by Crippen LogP contribution is -2.44. The second-order valence-electron chi connectivity index (χ2n) is 5.98. The highest BCUT2D eigenvalue weighted by atomic mass is 79.9. The molecule has 1 heterocycles. The second kappa shape index (κ2) is 9.74. The van der Waals surface area contributed by atoms with E-state index in [-0.39, 0.29) is 5.91 Å². The Morgan fingerprint density at radius 1 is 1.20 bits per heavy atom. The van der Waals surface area contributed by atoms with E-state index in [0.717, 1.165) is 31.3 Å². The zero-order valence-corrected chi connectivity index (χ0v) is 14.9. The van der Waals surface area contributed by atoms with Gasteiger partial charge in [-0.3, -0.25) is 4.79 Å². The van der Waals surface area contributed by atoms with E-state index < -0.39 is 0 Å². The number of alkyl halides is 1. The van der Waals surface area contributed by atoms with Crippen molar-refractivity contribution in [3.63, 3.8) is 0 Å². The van der Waals surface area contributed by atoms with Gasteiger partial charge in [-0.2, -0.15) is 0 Å². The molecule has 5 heteroatoms. The molecule has 1 amide bonds. The van der Waals surface area contributed by atoms with Gasteiger partial charge in [-0.1, -0.05) is 15.9 Å². The van der Waals surface area contributed by atoms with Crippen molar-refractivity contribution in [2.45, 2.75) is 38.1 Å². The number of carbonyl (C=O) groups is 1. The van der Waals surface area contributed by atoms with Crippen LogP contribution in [0.25, 0.3) is 0 Å². The molecule has 1 aliphatic rings. The number of carbonyl (C=O) groups excluding carboxylic acids is 1. The maximum atomic E-state index is 11.9. The van der Waals surface area contributed by atoms with Gasteiger partial charge in [-0.25, -0.2) is 0 Å². The molecule has 1 aliphatic heterocycles. The molecule has 0 spiro atoms. The van der Waals surface area contributed by atoms with E-state index in [2.05, 4.69) is 39.8 Å². The van der Waals surface area contributed by atoms with Crippen LogP contribution in [-0.4, -0.2) is 79.3 Å². The lowest BCUT2D eigenvalue weighted by atomic mass is 10.0. The number of likely N-dealkylation sites (N-methyl/N-ethyl adjacent to an activating group) is 2. The first-order valence-corrected chi connectivity index (χ1v) is 8.85. The molecule has 1 fully saturated rings. The van der Waals surface area contributed by atoms with Crippen molar-refractivity contribution in [2.24, 2.45) is 0 Å². The number of amides is 1. The summed E-state index contributed by atoms with van der Waals surface area (Å²) < 4.78 is 0. The van der Waals surface area contributed by atoms with Crippen LogP contribution in [0.5, 0.6) is 0 Å². The summed E-state index contributed by atoms with van der Waals surface area (Å²) in [4.78, 5) is 18.6. The molecule has 1 saturated heterocycles. The highest BCUT2D eigenvalue weighted by Crippen LogP contribution is 2.13. The second-order valence-corrected chi connectivity index (χ2v) is 6.77. The third-order valence-electron chi connectivity index (χ3n) is 4.30. The zero-order valence-electron chi connectivity index (χ0n) is 13.3. The molecule has 0 aliphatic carbocycles. The number of rotatable bonds is 8. The number of hydrogen-bond donors (Lipinski definition) is 0. The van der Waals surface area contributed by atoms with Gasteiger partial charge in [0.2, 0.25) is 5.91 Å². The number of hydrogen-bond acceptors (Lipinski definition) is 3. The van der Waals surface area contributed by atoms with Gasteiger partial charge in [0.05, 0.1) is 0 Å². The van der Waals surface area contributed by atoms with E-state index in [1.807, 2.05) is 11.9 Å². The van der Waals surface area contributed by atoms with Crippen LogP contribution in [0, 0.1) is 0 Å². The minimum Gasteiger partial charge on any atom is -0.344 e. The summed E-state index contributed by atoms with van der Waals surface area (Å²) in [7, 11) is 6.31. The van der Waals surface area contributed by atoms with Gasteiger partial charge in [0.25, 0.3) is 0 Å². The van der Waals surface area contributed by atoms with Crippen LogP contribution in [0.2, 0.25) is 0 Å². The van der Waals surface area contributed by atoms with Gasteiger partial charge in [-0.05, 0) is 52.9 Å². The topological polar surface area (TPSA) is 26.8 Å². The van der Waals surface area contributed by atoms with E-state index in [4.69, 9.17) is 0 Å². The molecule has 0 saturated carbocycles. The lowest BCUT2D eigenvalue weighted by molar-refractivity contribution is -0.130. The van der Waals surface area contributed by atoms with Crippen LogP contribution in [0.15, 0.2) is 0 Å². The monoisotopic (exact) mass is 347 g/mol. The summed E-state index contributed by atoms with van der Waals surface area (Å²) in [6, 6.07) is 0.683. The molecule has 0 aromatic heterocycles. The van der Waals surface area contributed by atoms with Crippen LogP contribution >= 0.6 is 15.9 Å². The predicted molar refractivity (Wildman–Crippen MR) is 88.4 cm³/mol. The van der Waals surface area contributed by atoms with Gasteiger partial charge in [0, 0.05) is 37.9 Å². The molecule has 0 bridgehead atoms. The quantitative estimate of drug-likeness (QED) is 0.496. The van der Waals surface area contributed by atoms with Crippen molar-refractivity contribution in [3.05, 3.63) is 0 Å². The number of likely N-dealkylation sites (tertiary alicyclic amines) is 1. The molecule has 20 heavy (non-hydrogen) atoms. The molecule has 0 aromatic rings. The number of nitrogens with zero attached hydrogens (tertiary/aromatic N) is 3. The zero-order chi connectivity index (χ0) is 15.0. The maximum absolute atomic E-state index is 11.9. The molecule has 118 valence electrons. The summed E-state index contributed by atoms with van der Waals surface area (Å²) >= 11 is 3.40. The van der Waals surface area contributed by atoms with E-state index in [1.165, 1.54) is 25.9 Å². The summed E-state index contributed by atoms with van der Waals surface area (Å²) in [5.74, 6) is 0.280. The molecule has 0 aromatic carbocycles. The normalized spacial score (nSPS) is 17.6. The Balaban J connectivity index is 2.19. The molecule has 0 N–H and O–H groups in total. The largest absolute Gasteiger partial charge is 0.344 e. The fourth-order valence-electron chi connectivity index (χ4n) is 2.61. The Kier molecular flexibility index (Phi) is 8.73. The molecular formula is C15H30BrN3O. The smallest absolute Gasteiger partial charge is 0.222 e. The first-order valence-electron chi connectivity index (χ1n) is 7.73. The molecule has 0 radical (unpaired) electrons. The summed E-state index contributed by atoms with van der Waals surface area (Å²) in [6.45, 7) is 4.21. The van der Waals surface area contributed by atoms with Crippen molar-refractivity contribution >= 4 is 21.8 Å². The van der Waals surface area contributed by atoms with Crippen molar-refractivity contribution in [2.75, 3.05) is 52.7 Å². The van der Waals surface area contributed by atoms with E-state index in [0.29, 0.717) is 12.5 Å². The van der Waals surface area contributed by atoms with Crippen molar-refractivity contribution in [1.82, 2.24) is 14.7 Å². The van der Waals surface area contributed by atoms with Crippen molar-refractivity contribution < 1.29 is 4.79 Å². The van der Waals surface area contributed by atoms with Gasteiger partial charge < -0.3 is 14.7 Å². The molecule has 0 unspecified atom stereocenters. The molecule has 4 nitrogen and oxygen atoms in total. The SMILES string of the molecule is CN1CCC(N(C)CCN(C)C(=O)CCCCBr)CC1. The maximum Gasteiger partial charge on any atom is 0.222 e. The fraction of sp³-hybridized carbons (Fsp3) is 0.933. The van der Waals surface area contributed by atoms with Gasteiger partial charge in [0.15, 0.2) is 0 Å². The average molecular weight is 348 g/mol. The molecule has 0 atom stereocenters. The highest BCUT2D eigenvalue weighted by Gasteiger charge is 2.20. The Morgan fingerprint density at radius 3 is 2.45 bits per heavy atom. The van der Waals surface area contributed by atoms with Crippen LogP contribution in [0.1, 0.15) is 32.1 Å². The van der Waals surface area contributed by atoms with Crippen LogP contribution < -0.4 is 0 Å². The average Bonchev–Trinajstić information content (AvgIpc) is 2.45. The van der Waals surface area contributed by atoms with E-state index in [9.17, 15) is 4.79 Å². The summed E-state index contributed by atoms with van der Waals surface area (Å²) in [5.41, 5.74) is 0. The number of halogens is 1. The minimum atomic E-state index is 0.280. The Bertz CT molecular complexity index is 280. The van der Waals surface area contributed by atoms with Crippen LogP contribution in [-0.2, 0) is 4.79 Å². The first-order chi connectivity index (χ1) is 9.54. The number of piperidine rings is 1. The molecule has 1 rings (SSSR count). The summed E-state index contributed by atoms with van der Waals surface area (Å²) in [5, 5.41) is 0.989. The minimum absolute atomic E-state index is 0.280. The predicted octanol–water partition coefficient (Wildman–Crippen LogP) is 2.04. The Labute approximate surface area is 132 Å². The fourth-order valence-corrected chi connectivity index (χ4v) is 3.01. The standard InChI is InChI=1S/C15H30BrN3O/c1-17-10-7-14(8-11-17)18(2)12-13-19(3)15(20)6-4-5-9-16/h14H,4-13H2,1-3H3. The first kappa shape index (κ1) is 17.9. The lowest BCUT2D eigenvalue weighted by Gasteiger charge is -2.35. The molecular weight excluding hydrogens is 318 g/mol. The van der Waals surface area contributed by atoms with Crippen LogP contribution in [0.4, 0.5) is 0 Å². The third kappa shape index (κ3) is 6.55. The Morgan fingerprint density at radius 2 is 1.85 bits per heavy atom. The van der Waals surface area contributed by atoms with Gasteiger partial charge in [-0.15, -0.1) is 0 Å². The Hall–Kier alpha value is -0.130. The third-order valence-corrected chi connectivity index (χ3v) is 4.86.